The van der Waals surface area contributed by atoms with Gasteiger partial charge in [0, 0.05) is 18.2 Å². The second kappa shape index (κ2) is 5.71. The monoisotopic (exact) mass is 283 g/mol. The number of benzene rings is 1. The van der Waals surface area contributed by atoms with E-state index in [4.69, 9.17) is 11.6 Å². The Balaban J connectivity index is 2.02. The van der Waals surface area contributed by atoms with Crippen LogP contribution >= 0.6 is 11.6 Å². The maximum Gasteiger partial charge on any atom is 0.271 e. The molecule has 2 aromatic rings. The summed E-state index contributed by atoms with van der Waals surface area (Å²) in [5.41, 5.74) is 0.239. The lowest BCUT2D eigenvalue weighted by atomic mass is 10.2. The lowest BCUT2D eigenvalue weighted by Crippen LogP contribution is -2.24. The molecule has 98 valence electrons. The van der Waals surface area contributed by atoms with Crippen molar-refractivity contribution in [2.75, 3.05) is 0 Å². The van der Waals surface area contributed by atoms with Crippen molar-refractivity contribution in [2.24, 2.45) is 0 Å². The van der Waals surface area contributed by atoms with Gasteiger partial charge in [0.25, 0.3) is 5.91 Å². The van der Waals surface area contributed by atoms with Crippen LogP contribution in [0.1, 0.15) is 16.1 Å². The molecular formula is C12H8ClF2N3O. The topological polar surface area (TPSA) is 54.9 Å². The summed E-state index contributed by atoms with van der Waals surface area (Å²) in [7, 11) is 0. The highest BCUT2D eigenvalue weighted by Crippen LogP contribution is 2.09. The third-order valence-corrected chi connectivity index (χ3v) is 2.50. The molecule has 0 aliphatic carbocycles. The molecule has 0 spiro atoms. The maximum atomic E-state index is 13.3. The summed E-state index contributed by atoms with van der Waals surface area (Å²) in [6.07, 6.45) is 2.44. The number of amides is 1. The Morgan fingerprint density at radius 1 is 1.26 bits per heavy atom. The summed E-state index contributed by atoms with van der Waals surface area (Å²) < 4.78 is 26.0. The predicted molar refractivity (Wildman–Crippen MR) is 64.6 cm³/mol. The summed E-state index contributed by atoms with van der Waals surface area (Å²) in [6.45, 7) is -0.0742. The Kier molecular flexibility index (Phi) is 4.01. The van der Waals surface area contributed by atoms with Crippen LogP contribution in [-0.2, 0) is 6.54 Å². The number of rotatable bonds is 3. The van der Waals surface area contributed by atoms with Crippen molar-refractivity contribution in [2.45, 2.75) is 6.54 Å². The van der Waals surface area contributed by atoms with Crippen LogP contribution in [-0.4, -0.2) is 15.9 Å². The van der Waals surface area contributed by atoms with Gasteiger partial charge in [0.1, 0.15) is 22.5 Å². The minimum atomic E-state index is -0.720. The standard InChI is InChI=1S/C12H8ClF2N3O/c13-11-6-16-10(5-17-11)12(19)18-4-7-1-2-8(14)3-9(7)15/h1-3,5-6H,4H2,(H,18,19). The number of aromatic nitrogens is 2. The molecule has 7 heteroatoms. The van der Waals surface area contributed by atoms with Gasteiger partial charge in [-0.25, -0.2) is 18.7 Å². The lowest BCUT2D eigenvalue weighted by molar-refractivity contribution is 0.0945. The number of carbonyl (C=O) groups excluding carboxylic acids is 1. The van der Waals surface area contributed by atoms with E-state index < -0.39 is 17.5 Å². The molecule has 0 radical (unpaired) electrons. The third kappa shape index (κ3) is 3.45. The predicted octanol–water partition coefficient (Wildman–Crippen LogP) is 2.34. The van der Waals surface area contributed by atoms with Gasteiger partial charge in [0.15, 0.2) is 0 Å². The van der Waals surface area contributed by atoms with E-state index in [0.29, 0.717) is 0 Å². The van der Waals surface area contributed by atoms with E-state index in [0.717, 1.165) is 12.1 Å². The fourth-order valence-corrected chi connectivity index (χ4v) is 1.46. The molecule has 0 aliphatic heterocycles. The molecular weight excluding hydrogens is 276 g/mol. The van der Waals surface area contributed by atoms with E-state index in [9.17, 15) is 13.6 Å². The Labute approximate surface area is 112 Å². The summed E-state index contributed by atoms with van der Waals surface area (Å²) in [4.78, 5) is 19.1. The van der Waals surface area contributed by atoms with Gasteiger partial charge in [-0.15, -0.1) is 0 Å². The Bertz CT molecular complexity index is 604. The minimum Gasteiger partial charge on any atom is -0.346 e. The number of hydrogen-bond acceptors (Lipinski definition) is 3. The van der Waals surface area contributed by atoms with E-state index in [1.165, 1.54) is 18.5 Å². The molecule has 0 aliphatic rings. The molecule has 1 aromatic heterocycles. The first-order valence-electron chi connectivity index (χ1n) is 5.26. The van der Waals surface area contributed by atoms with Gasteiger partial charge in [-0.3, -0.25) is 4.79 Å². The first-order chi connectivity index (χ1) is 9.06. The molecule has 0 fully saturated rings. The minimum absolute atomic E-state index is 0.0620. The van der Waals surface area contributed by atoms with E-state index in [1.807, 2.05) is 0 Å². The van der Waals surface area contributed by atoms with Crippen LogP contribution in [0.15, 0.2) is 30.6 Å². The summed E-state index contributed by atoms with van der Waals surface area (Å²) >= 11 is 5.53. The normalized spacial score (nSPS) is 10.3. The zero-order chi connectivity index (χ0) is 13.8. The van der Waals surface area contributed by atoms with E-state index >= 15 is 0 Å². The molecule has 0 bridgehead atoms. The first-order valence-corrected chi connectivity index (χ1v) is 5.64. The highest BCUT2D eigenvalue weighted by atomic mass is 35.5. The molecule has 0 saturated carbocycles. The molecule has 1 amide bonds. The Morgan fingerprint density at radius 2 is 2.05 bits per heavy atom. The molecule has 1 N–H and O–H groups in total. The van der Waals surface area contributed by atoms with Crippen LogP contribution < -0.4 is 5.32 Å². The van der Waals surface area contributed by atoms with E-state index in [2.05, 4.69) is 15.3 Å². The molecule has 1 aromatic carbocycles. The average Bonchev–Trinajstić information content (AvgIpc) is 2.38. The molecule has 1 heterocycles. The van der Waals surface area contributed by atoms with Gasteiger partial charge < -0.3 is 5.32 Å². The van der Waals surface area contributed by atoms with Crippen molar-refractivity contribution in [3.8, 4) is 0 Å². The van der Waals surface area contributed by atoms with Gasteiger partial charge in [0.2, 0.25) is 0 Å². The van der Waals surface area contributed by atoms with Gasteiger partial charge in [-0.05, 0) is 6.07 Å². The van der Waals surface area contributed by atoms with Gasteiger partial charge in [-0.1, -0.05) is 17.7 Å². The second-order valence-electron chi connectivity index (χ2n) is 3.64. The van der Waals surface area contributed by atoms with Crippen molar-refractivity contribution < 1.29 is 13.6 Å². The van der Waals surface area contributed by atoms with Crippen LogP contribution in [0.3, 0.4) is 0 Å². The zero-order valence-electron chi connectivity index (χ0n) is 9.53. The van der Waals surface area contributed by atoms with E-state index in [-0.39, 0.29) is 23.0 Å². The SMILES string of the molecule is O=C(NCc1ccc(F)cc1F)c1cnc(Cl)cn1. The van der Waals surface area contributed by atoms with Gasteiger partial charge in [-0.2, -0.15) is 0 Å². The van der Waals surface area contributed by atoms with Crippen molar-refractivity contribution in [3.05, 3.63) is 58.6 Å². The smallest absolute Gasteiger partial charge is 0.271 e. The molecule has 19 heavy (non-hydrogen) atoms. The second-order valence-corrected chi connectivity index (χ2v) is 4.03. The highest BCUT2D eigenvalue weighted by Gasteiger charge is 2.09. The number of nitrogens with one attached hydrogen (secondary N) is 1. The molecule has 0 saturated heterocycles. The van der Waals surface area contributed by atoms with Crippen molar-refractivity contribution in [3.63, 3.8) is 0 Å². The van der Waals surface area contributed by atoms with Crippen LogP contribution in [0.2, 0.25) is 5.15 Å². The fourth-order valence-electron chi connectivity index (χ4n) is 1.36. The highest BCUT2D eigenvalue weighted by molar-refractivity contribution is 6.29. The van der Waals surface area contributed by atoms with Gasteiger partial charge >= 0.3 is 0 Å². The number of carbonyl (C=O) groups is 1. The quantitative estimate of drug-likeness (QED) is 0.941. The van der Waals surface area contributed by atoms with Crippen molar-refractivity contribution >= 4 is 17.5 Å². The summed E-state index contributed by atoms with van der Waals surface area (Å²) in [6, 6.07) is 3.13. The Morgan fingerprint density at radius 3 is 2.68 bits per heavy atom. The fraction of sp³-hybridized carbons (Fsp3) is 0.0833. The van der Waals surface area contributed by atoms with Gasteiger partial charge in [0.05, 0.1) is 12.4 Å². The summed E-state index contributed by atoms with van der Waals surface area (Å²) in [5, 5.41) is 2.62. The molecule has 0 unspecified atom stereocenters. The number of hydrogen-bond donors (Lipinski definition) is 1. The maximum absolute atomic E-state index is 13.3. The molecule has 2 rings (SSSR count). The Hall–Kier alpha value is -2.08. The number of nitrogens with zero attached hydrogens (tertiary/aromatic N) is 2. The largest absolute Gasteiger partial charge is 0.346 e. The third-order valence-electron chi connectivity index (χ3n) is 2.31. The van der Waals surface area contributed by atoms with E-state index in [1.54, 1.807) is 0 Å². The molecule has 0 atom stereocenters. The lowest BCUT2D eigenvalue weighted by Gasteiger charge is -2.05. The zero-order valence-corrected chi connectivity index (χ0v) is 10.3. The van der Waals surface area contributed by atoms with Crippen LogP contribution in [0.5, 0.6) is 0 Å². The van der Waals surface area contributed by atoms with Crippen molar-refractivity contribution in [1.82, 2.24) is 15.3 Å². The van der Waals surface area contributed by atoms with Crippen LogP contribution in [0.4, 0.5) is 8.78 Å². The van der Waals surface area contributed by atoms with Crippen LogP contribution in [0.25, 0.3) is 0 Å². The van der Waals surface area contributed by atoms with Crippen LogP contribution in [0, 0.1) is 11.6 Å². The van der Waals surface area contributed by atoms with Crippen molar-refractivity contribution in [1.29, 1.82) is 0 Å². The first kappa shape index (κ1) is 13.4. The average molecular weight is 284 g/mol. The summed E-state index contributed by atoms with van der Waals surface area (Å²) in [5.74, 6) is -1.91. The number of halogens is 3. The molecule has 4 nitrogen and oxygen atoms in total.